The van der Waals surface area contributed by atoms with Crippen LogP contribution >= 0.6 is 15.9 Å². The molecule has 1 aromatic carbocycles. The molecule has 3 rings (SSSR count). The molecule has 0 amide bonds. The number of fused-ring (bicyclic) bond motifs is 1. The highest BCUT2D eigenvalue weighted by Gasteiger charge is 2.43. The molecule has 1 saturated carbocycles. The van der Waals surface area contributed by atoms with E-state index in [0.717, 1.165) is 28.5 Å². The van der Waals surface area contributed by atoms with Gasteiger partial charge in [-0.1, -0.05) is 29.8 Å². The zero-order valence-electron chi connectivity index (χ0n) is 13.3. The Morgan fingerprint density at radius 1 is 1.29 bits per heavy atom. The van der Waals surface area contributed by atoms with Crippen LogP contribution in [0.3, 0.4) is 0 Å². The number of rotatable bonds is 2. The number of benzene rings is 1. The highest BCUT2D eigenvalue weighted by atomic mass is 79.9. The summed E-state index contributed by atoms with van der Waals surface area (Å²) in [5, 5.41) is 3.49. The molecule has 0 aromatic heterocycles. The fraction of sp³-hybridized carbons (Fsp3) is 0.667. The first-order valence-electron chi connectivity index (χ1n) is 8.19. The van der Waals surface area contributed by atoms with Gasteiger partial charge in [0.05, 0.1) is 0 Å². The van der Waals surface area contributed by atoms with E-state index in [0.29, 0.717) is 6.04 Å². The SMILES string of the molecule is CNC1CC2(CCC(C(C)C)CC2)Oc2ccc(Br)cc21. The van der Waals surface area contributed by atoms with Crippen LogP contribution in [0, 0.1) is 11.8 Å². The van der Waals surface area contributed by atoms with Crippen LogP contribution in [0.5, 0.6) is 5.75 Å². The van der Waals surface area contributed by atoms with Crippen molar-refractivity contribution in [3.63, 3.8) is 0 Å². The van der Waals surface area contributed by atoms with E-state index in [-0.39, 0.29) is 5.60 Å². The van der Waals surface area contributed by atoms with Crippen LogP contribution in [-0.2, 0) is 0 Å². The van der Waals surface area contributed by atoms with Gasteiger partial charge in [-0.3, -0.25) is 0 Å². The van der Waals surface area contributed by atoms with Gasteiger partial charge in [0, 0.05) is 22.5 Å². The van der Waals surface area contributed by atoms with Crippen molar-refractivity contribution in [1.82, 2.24) is 5.32 Å². The third-order valence-corrected chi connectivity index (χ3v) is 5.98. The lowest BCUT2D eigenvalue weighted by molar-refractivity contribution is -0.0192. The first kappa shape index (κ1) is 15.4. The lowest BCUT2D eigenvalue weighted by Gasteiger charge is -2.46. The Balaban J connectivity index is 1.83. The molecule has 0 saturated heterocycles. The third-order valence-electron chi connectivity index (χ3n) is 5.48. The van der Waals surface area contributed by atoms with E-state index in [1.165, 1.54) is 31.2 Å². The monoisotopic (exact) mass is 351 g/mol. The molecule has 1 aliphatic heterocycles. The smallest absolute Gasteiger partial charge is 0.125 e. The molecule has 0 bridgehead atoms. The molecule has 1 heterocycles. The summed E-state index contributed by atoms with van der Waals surface area (Å²) in [6.07, 6.45) is 6.10. The quantitative estimate of drug-likeness (QED) is 0.802. The minimum Gasteiger partial charge on any atom is -0.487 e. The summed E-state index contributed by atoms with van der Waals surface area (Å²) in [5.41, 5.74) is 1.35. The normalized spacial score (nSPS) is 32.0. The molecule has 1 unspecified atom stereocenters. The number of ether oxygens (including phenoxy) is 1. The van der Waals surface area contributed by atoms with Gasteiger partial charge >= 0.3 is 0 Å². The lowest BCUT2D eigenvalue weighted by atomic mass is 9.71. The van der Waals surface area contributed by atoms with Crippen LogP contribution in [0.4, 0.5) is 0 Å². The number of hydrogen-bond donors (Lipinski definition) is 1. The van der Waals surface area contributed by atoms with Gasteiger partial charge in [0.15, 0.2) is 0 Å². The van der Waals surface area contributed by atoms with Gasteiger partial charge in [-0.05, 0) is 62.8 Å². The second-order valence-electron chi connectivity index (χ2n) is 7.09. The molecule has 3 heteroatoms. The van der Waals surface area contributed by atoms with Gasteiger partial charge in [-0.15, -0.1) is 0 Å². The first-order valence-corrected chi connectivity index (χ1v) is 8.98. The lowest BCUT2D eigenvalue weighted by Crippen LogP contribution is -2.46. The van der Waals surface area contributed by atoms with Crippen molar-refractivity contribution in [3.8, 4) is 5.75 Å². The zero-order valence-corrected chi connectivity index (χ0v) is 14.9. The topological polar surface area (TPSA) is 21.3 Å². The van der Waals surface area contributed by atoms with Gasteiger partial charge in [-0.2, -0.15) is 0 Å². The van der Waals surface area contributed by atoms with Crippen LogP contribution < -0.4 is 10.1 Å². The van der Waals surface area contributed by atoms with Gasteiger partial charge in [-0.25, -0.2) is 0 Å². The first-order chi connectivity index (χ1) is 10.0. The van der Waals surface area contributed by atoms with Gasteiger partial charge < -0.3 is 10.1 Å². The predicted octanol–water partition coefficient (Wildman–Crippen LogP) is 5.08. The van der Waals surface area contributed by atoms with Crippen molar-refractivity contribution in [2.75, 3.05) is 7.05 Å². The third kappa shape index (κ3) is 3.00. The molecule has 1 atom stereocenters. The van der Waals surface area contributed by atoms with Crippen molar-refractivity contribution in [2.45, 2.75) is 57.6 Å². The largest absolute Gasteiger partial charge is 0.487 e. The van der Waals surface area contributed by atoms with E-state index in [2.05, 4.69) is 60.3 Å². The summed E-state index contributed by atoms with van der Waals surface area (Å²) in [5.74, 6) is 2.75. The minimum atomic E-state index is 0.0555. The molecule has 116 valence electrons. The van der Waals surface area contributed by atoms with E-state index >= 15 is 0 Å². The van der Waals surface area contributed by atoms with E-state index in [4.69, 9.17) is 4.74 Å². The Labute approximate surface area is 136 Å². The van der Waals surface area contributed by atoms with E-state index in [9.17, 15) is 0 Å². The maximum Gasteiger partial charge on any atom is 0.125 e. The molecule has 1 aliphatic carbocycles. The number of halogens is 1. The molecular weight excluding hydrogens is 326 g/mol. The highest BCUT2D eigenvalue weighted by molar-refractivity contribution is 9.10. The van der Waals surface area contributed by atoms with Crippen molar-refractivity contribution in [1.29, 1.82) is 0 Å². The van der Waals surface area contributed by atoms with Crippen molar-refractivity contribution < 1.29 is 4.74 Å². The van der Waals surface area contributed by atoms with Crippen molar-refractivity contribution in [2.24, 2.45) is 11.8 Å². The van der Waals surface area contributed by atoms with Gasteiger partial charge in [0.2, 0.25) is 0 Å². The van der Waals surface area contributed by atoms with Crippen LogP contribution in [-0.4, -0.2) is 12.6 Å². The highest BCUT2D eigenvalue weighted by Crippen LogP contribution is 2.48. The maximum absolute atomic E-state index is 6.51. The number of nitrogens with one attached hydrogen (secondary N) is 1. The summed E-state index contributed by atoms with van der Waals surface area (Å²) in [7, 11) is 2.06. The standard InChI is InChI=1S/C18H26BrNO/c1-12(2)13-6-8-18(9-7-13)11-16(20-3)15-10-14(19)4-5-17(15)21-18/h4-5,10,12-13,16,20H,6-9,11H2,1-3H3. The number of hydrogen-bond acceptors (Lipinski definition) is 2. The van der Waals surface area contributed by atoms with Gasteiger partial charge in [0.1, 0.15) is 11.4 Å². The predicted molar refractivity (Wildman–Crippen MR) is 90.7 cm³/mol. The summed E-state index contributed by atoms with van der Waals surface area (Å²) in [6, 6.07) is 6.81. The Hall–Kier alpha value is -0.540. The molecule has 1 fully saturated rings. The Bertz CT molecular complexity index is 506. The van der Waals surface area contributed by atoms with Crippen LogP contribution in [0.2, 0.25) is 0 Å². The molecule has 2 nitrogen and oxygen atoms in total. The Kier molecular flexibility index (Phi) is 4.33. The molecule has 1 N–H and O–H groups in total. The molecule has 2 aliphatic rings. The minimum absolute atomic E-state index is 0.0555. The zero-order chi connectivity index (χ0) is 15.0. The fourth-order valence-electron chi connectivity index (χ4n) is 4.04. The molecular formula is C18H26BrNO. The summed E-state index contributed by atoms with van der Waals surface area (Å²) in [6.45, 7) is 4.71. The second kappa shape index (κ2) is 5.92. The van der Waals surface area contributed by atoms with Crippen molar-refractivity contribution >= 4 is 15.9 Å². The van der Waals surface area contributed by atoms with E-state index in [1.54, 1.807) is 0 Å². The average molecular weight is 352 g/mol. The Morgan fingerprint density at radius 2 is 2.00 bits per heavy atom. The van der Waals surface area contributed by atoms with Crippen LogP contribution in [0.15, 0.2) is 22.7 Å². The van der Waals surface area contributed by atoms with E-state index < -0.39 is 0 Å². The Morgan fingerprint density at radius 3 is 2.62 bits per heavy atom. The molecule has 0 radical (unpaired) electrons. The fourth-order valence-corrected chi connectivity index (χ4v) is 4.42. The van der Waals surface area contributed by atoms with Crippen LogP contribution in [0.25, 0.3) is 0 Å². The second-order valence-corrected chi connectivity index (χ2v) is 8.01. The maximum atomic E-state index is 6.51. The average Bonchev–Trinajstić information content (AvgIpc) is 2.47. The van der Waals surface area contributed by atoms with E-state index in [1.807, 2.05) is 0 Å². The molecule has 1 spiro atoms. The summed E-state index contributed by atoms with van der Waals surface area (Å²) < 4.78 is 7.64. The summed E-state index contributed by atoms with van der Waals surface area (Å²) in [4.78, 5) is 0. The molecule has 21 heavy (non-hydrogen) atoms. The van der Waals surface area contributed by atoms with Gasteiger partial charge in [0.25, 0.3) is 0 Å². The van der Waals surface area contributed by atoms with Crippen molar-refractivity contribution in [3.05, 3.63) is 28.2 Å². The van der Waals surface area contributed by atoms with Crippen LogP contribution in [0.1, 0.15) is 57.6 Å². The summed E-state index contributed by atoms with van der Waals surface area (Å²) >= 11 is 3.58. The molecule has 1 aromatic rings.